The van der Waals surface area contributed by atoms with Crippen molar-refractivity contribution in [2.24, 2.45) is 22.4 Å². The summed E-state index contributed by atoms with van der Waals surface area (Å²) in [5, 5.41) is 35.5. The highest BCUT2D eigenvalue weighted by atomic mass is 16.4. The van der Waals surface area contributed by atoms with Gasteiger partial charge in [0.05, 0.1) is 0 Å². The van der Waals surface area contributed by atoms with Gasteiger partial charge in [-0.05, 0) is 81.0 Å². The number of nitrogens with one attached hydrogen (secondary N) is 6. The number of amides is 7. The number of phenolic OH excluding ortho intramolecular Hbond substituents is 1. The number of hydrogen-bond acceptors (Lipinski definition) is 9. The van der Waals surface area contributed by atoms with E-state index in [0.717, 1.165) is 11.1 Å². The van der Waals surface area contributed by atoms with Gasteiger partial charge in [-0.15, -0.1) is 0 Å². The number of nitrogens with zero attached hydrogens (tertiary/aromatic N) is 2. The number of hydrogen-bond donors (Lipinski definition) is 10. The number of aromatic hydroxyl groups is 1. The van der Waals surface area contributed by atoms with Crippen molar-refractivity contribution < 1.29 is 43.8 Å². The number of carboxylic acids is 1. The van der Waals surface area contributed by atoms with Crippen molar-refractivity contribution >= 4 is 47.5 Å². The van der Waals surface area contributed by atoms with E-state index < -0.39 is 83.7 Å². The number of likely N-dealkylation sites (N-methyl/N-ethyl adjacent to an activating group) is 1. The van der Waals surface area contributed by atoms with E-state index in [1.165, 1.54) is 31.0 Å². The summed E-state index contributed by atoms with van der Waals surface area (Å²) in [6.07, 6.45) is 1.41. The second-order valence-electron chi connectivity index (χ2n) is 15.2. The lowest BCUT2D eigenvalue weighted by atomic mass is 9.99. The number of carbonyl (C=O) groups excluding carboxylic acids is 6. The minimum atomic E-state index is -1.34. The van der Waals surface area contributed by atoms with Gasteiger partial charge in [0.1, 0.15) is 42.0 Å². The number of aliphatic carboxylic acids is 1. The Balaban J connectivity index is 1.95. The summed E-state index contributed by atoms with van der Waals surface area (Å²) in [7, 11) is 1.42. The standard InChI is InChI=1S/C41H60N10O9/c1-24(2)33-37(56)46-30(20-17-26-15-18-28(52)19-16-26)38(57)51(4)25(3)34(53)47-32(23-27-11-6-5-7-12-27)35(54)44-21-9-8-13-29(36(55)50-33)48-41(60)49-31(39(58)59)14-10-22-45-40(42)43/h5-7,11-12,15-16,18-19,24-25,29-33,52H,8-10,13-14,17,20-23H2,1-4H3,(H,44,54)(H,46,56)(H,47,53)(H,50,55)(H,58,59)(H4,42,43,45)(H2,48,49,60)/t25-,29+,30-,31+,32-,33-/m0/s1. The second kappa shape index (κ2) is 23.9. The zero-order chi connectivity index (χ0) is 44.4. The Kier molecular flexibility index (Phi) is 19.1. The van der Waals surface area contributed by atoms with Crippen LogP contribution in [-0.2, 0) is 41.6 Å². The van der Waals surface area contributed by atoms with E-state index >= 15 is 0 Å². The maximum Gasteiger partial charge on any atom is 0.326 e. The highest BCUT2D eigenvalue weighted by Crippen LogP contribution is 2.15. The van der Waals surface area contributed by atoms with Crippen molar-refractivity contribution in [2.45, 2.75) is 108 Å². The molecule has 0 aromatic heterocycles. The molecule has 0 unspecified atom stereocenters. The molecule has 0 spiro atoms. The number of aryl methyl sites for hydroxylation is 1. The number of urea groups is 1. The van der Waals surface area contributed by atoms with Crippen LogP contribution in [0.2, 0.25) is 0 Å². The molecule has 0 saturated carbocycles. The summed E-state index contributed by atoms with van der Waals surface area (Å²) in [6.45, 7) is 5.17. The number of nitrogens with two attached hydrogens (primary N) is 2. The van der Waals surface area contributed by atoms with E-state index in [1.54, 1.807) is 26.0 Å². The van der Waals surface area contributed by atoms with Crippen LogP contribution in [0, 0.1) is 5.92 Å². The van der Waals surface area contributed by atoms with Crippen LogP contribution >= 0.6 is 0 Å². The summed E-state index contributed by atoms with van der Waals surface area (Å²) in [4.78, 5) is 99.6. The molecule has 2 aromatic carbocycles. The summed E-state index contributed by atoms with van der Waals surface area (Å²) in [5.41, 5.74) is 12.2. The van der Waals surface area contributed by atoms with Gasteiger partial charge >= 0.3 is 12.0 Å². The number of aliphatic imine (C=N–C) groups is 1. The first-order valence-electron chi connectivity index (χ1n) is 20.1. The van der Waals surface area contributed by atoms with Gasteiger partial charge in [0, 0.05) is 26.6 Å². The van der Waals surface area contributed by atoms with Crippen molar-refractivity contribution in [2.75, 3.05) is 20.1 Å². The maximum absolute atomic E-state index is 14.2. The van der Waals surface area contributed by atoms with Gasteiger partial charge in [-0.25, -0.2) is 9.59 Å². The zero-order valence-electron chi connectivity index (χ0n) is 34.6. The summed E-state index contributed by atoms with van der Waals surface area (Å²) >= 11 is 0. The van der Waals surface area contributed by atoms with E-state index in [2.05, 4.69) is 36.9 Å². The van der Waals surface area contributed by atoms with Crippen LogP contribution in [0.25, 0.3) is 0 Å². The van der Waals surface area contributed by atoms with Gasteiger partial charge in [0.15, 0.2) is 5.96 Å². The topological polar surface area (TPSA) is 300 Å². The Labute approximate surface area is 349 Å². The van der Waals surface area contributed by atoms with Crippen molar-refractivity contribution in [3.63, 3.8) is 0 Å². The minimum absolute atomic E-state index is 0.0159. The van der Waals surface area contributed by atoms with Crippen LogP contribution < -0.4 is 43.4 Å². The fourth-order valence-electron chi connectivity index (χ4n) is 6.44. The average molecular weight is 837 g/mol. The van der Waals surface area contributed by atoms with Gasteiger partial charge in [0.25, 0.3) is 0 Å². The number of carboxylic acid groups (broad SMARTS) is 1. The number of guanidine groups is 1. The first-order chi connectivity index (χ1) is 28.5. The lowest BCUT2D eigenvalue weighted by Crippen LogP contribution is -2.60. The van der Waals surface area contributed by atoms with Crippen LogP contribution in [0.4, 0.5) is 4.79 Å². The van der Waals surface area contributed by atoms with Gasteiger partial charge < -0.3 is 58.5 Å². The smallest absolute Gasteiger partial charge is 0.326 e. The predicted octanol–water partition coefficient (Wildman–Crippen LogP) is -0.000500. The molecule has 19 heteroatoms. The number of rotatable bonds is 13. The number of phenols is 1. The van der Waals surface area contributed by atoms with E-state index in [1.807, 2.05) is 30.3 Å². The molecule has 0 bridgehead atoms. The van der Waals surface area contributed by atoms with Crippen molar-refractivity contribution in [1.82, 2.24) is 36.8 Å². The minimum Gasteiger partial charge on any atom is -0.508 e. The van der Waals surface area contributed by atoms with Crippen LogP contribution in [0.1, 0.15) is 70.4 Å². The van der Waals surface area contributed by atoms with Crippen LogP contribution in [-0.4, -0.2) is 119 Å². The van der Waals surface area contributed by atoms with E-state index in [0.29, 0.717) is 12.8 Å². The summed E-state index contributed by atoms with van der Waals surface area (Å²) in [5.74, 6) is -5.05. The quantitative estimate of drug-likeness (QED) is 0.0728. The molecular formula is C41H60N10O9. The molecule has 1 aliphatic heterocycles. The van der Waals surface area contributed by atoms with Crippen LogP contribution in [0.15, 0.2) is 59.6 Å². The van der Waals surface area contributed by atoms with Gasteiger partial charge in [-0.3, -0.25) is 29.0 Å². The lowest BCUT2D eigenvalue weighted by molar-refractivity contribution is -0.142. The third kappa shape index (κ3) is 15.7. The molecule has 7 amide bonds. The summed E-state index contributed by atoms with van der Waals surface area (Å²) in [6, 6.07) is 7.41. The molecule has 1 aliphatic rings. The van der Waals surface area contributed by atoms with Crippen molar-refractivity contribution in [3.8, 4) is 5.75 Å². The molecule has 2 aromatic rings. The fraction of sp³-hybridized carbons (Fsp3) is 0.512. The first-order valence-corrected chi connectivity index (χ1v) is 20.1. The second-order valence-corrected chi connectivity index (χ2v) is 15.2. The molecule has 0 radical (unpaired) electrons. The van der Waals surface area contributed by atoms with E-state index in [9.17, 15) is 43.8 Å². The number of carbonyl (C=O) groups is 7. The molecule has 328 valence electrons. The third-order valence-corrected chi connectivity index (χ3v) is 10.1. The van der Waals surface area contributed by atoms with E-state index in [-0.39, 0.29) is 63.3 Å². The molecule has 12 N–H and O–H groups in total. The SMILES string of the molecule is CC(C)[C@@H]1NC(=O)[C@H](NC(=O)N[C@H](CCCN=C(N)N)C(=O)O)CCCCNC(=O)[C@H](Cc2ccccc2)NC(=O)[C@H](C)N(C)C(=O)[C@H](CCc2ccc(O)cc2)NC1=O. The fourth-order valence-corrected chi connectivity index (χ4v) is 6.44. The molecular weight excluding hydrogens is 777 g/mol. The highest BCUT2D eigenvalue weighted by molar-refractivity contribution is 5.96. The van der Waals surface area contributed by atoms with Crippen molar-refractivity contribution in [1.29, 1.82) is 0 Å². The Morgan fingerprint density at radius 1 is 0.883 bits per heavy atom. The predicted molar refractivity (Wildman–Crippen MR) is 223 cm³/mol. The molecule has 0 aliphatic carbocycles. The van der Waals surface area contributed by atoms with Crippen LogP contribution in [0.5, 0.6) is 5.75 Å². The monoisotopic (exact) mass is 836 g/mol. The van der Waals surface area contributed by atoms with Crippen LogP contribution in [0.3, 0.4) is 0 Å². The van der Waals surface area contributed by atoms with Gasteiger partial charge in [0.2, 0.25) is 29.5 Å². The first kappa shape index (κ1) is 48.0. The number of benzene rings is 2. The largest absolute Gasteiger partial charge is 0.508 e. The zero-order valence-corrected chi connectivity index (χ0v) is 34.6. The Bertz CT molecular complexity index is 1810. The molecule has 1 fully saturated rings. The normalized spacial score (nSPS) is 21.8. The Morgan fingerprint density at radius 2 is 1.55 bits per heavy atom. The Morgan fingerprint density at radius 3 is 2.18 bits per heavy atom. The van der Waals surface area contributed by atoms with Gasteiger partial charge in [-0.2, -0.15) is 0 Å². The molecule has 19 nitrogen and oxygen atoms in total. The maximum atomic E-state index is 14.2. The molecule has 1 heterocycles. The van der Waals surface area contributed by atoms with Gasteiger partial charge in [-0.1, -0.05) is 56.3 Å². The molecule has 6 atom stereocenters. The average Bonchev–Trinajstić information content (AvgIpc) is 3.20. The molecule has 60 heavy (non-hydrogen) atoms. The Hall–Kier alpha value is -6.40. The lowest BCUT2D eigenvalue weighted by Gasteiger charge is -2.31. The third-order valence-electron chi connectivity index (χ3n) is 10.1. The summed E-state index contributed by atoms with van der Waals surface area (Å²) < 4.78 is 0. The molecule has 3 rings (SSSR count). The molecule has 1 saturated heterocycles. The van der Waals surface area contributed by atoms with Crippen molar-refractivity contribution in [3.05, 3.63) is 65.7 Å². The highest BCUT2D eigenvalue weighted by Gasteiger charge is 2.35. The van der Waals surface area contributed by atoms with E-state index in [4.69, 9.17) is 11.5 Å².